The van der Waals surface area contributed by atoms with Crippen molar-refractivity contribution in [3.8, 4) is 0 Å². The molecule has 1 fully saturated rings. The summed E-state index contributed by atoms with van der Waals surface area (Å²) >= 11 is 0. The van der Waals surface area contributed by atoms with E-state index in [-0.39, 0.29) is 18.4 Å². The van der Waals surface area contributed by atoms with Gasteiger partial charge in [0, 0.05) is 12.6 Å². The number of hydrogen-bond acceptors (Lipinski definition) is 4. The number of hydrogen-bond donors (Lipinski definition) is 2. The molecule has 0 aromatic carbocycles. The first-order chi connectivity index (χ1) is 7.47. The summed E-state index contributed by atoms with van der Waals surface area (Å²) in [5, 5.41) is 10.4. The third-order valence-electron chi connectivity index (χ3n) is 2.82. The summed E-state index contributed by atoms with van der Waals surface area (Å²) in [5.74, 6) is -0.305. The first-order valence-electron chi connectivity index (χ1n) is 5.60. The summed E-state index contributed by atoms with van der Waals surface area (Å²) in [5.41, 5.74) is 0. The van der Waals surface area contributed by atoms with Crippen molar-refractivity contribution in [2.75, 3.05) is 12.4 Å². The Bertz CT molecular complexity index is 339. The Labute approximate surface area is 96.1 Å². The summed E-state index contributed by atoms with van der Waals surface area (Å²) in [7, 11) is -3.26. The van der Waals surface area contributed by atoms with E-state index >= 15 is 0 Å². The molecule has 0 spiro atoms. The molecule has 1 aliphatic heterocycles. The van der Waals surface area contributed by atoms with Gasteiger partial charge < -0.3 is 10.4 Å². The predicted molar refractivity (Wildman–Crippen MR) is 60.7 cm³/mol. The van der Waals surface area contributed by atoms with Gasteiger partial charge in [-0.3, -0.25) is 4.79 Å². The van der Waals surface area contributed by atoms with E-state index in [1.807, 2.05) is 0 Å². The number of aliphatic hydroxyl groups excluding tert-OH is 1. The molecule has 2 N–H and O–H groups in total. The number of aliphatic hydroxyl groups is 1. The minimum atomic E-state index is -3.26. The van der Waals surface area contributed by atoms with Crippen LogP contribution in [0.5, 0.6) is 0 Å². The van der Waals surface area contributed by atoms with Gasteiger partial charge in [-0.15, -0.1) is 0 Å². The summed E-state index contributed by atoms with van der Waals surface area (Å²) in [6.45, 7) is 1.74. The molecule has 1 heterocycles. The standard InChI is InChI=1S/C10H19NO4S/c1-8(5-6-12)11-10(13)9-4-2-3-7-16(9,14)15/h8-9,12H,2-7H2,1H3,(H,11,13). The van der Waals surface area contributed by atoms with Gasteiger partial charge in [0.05, 0.1) is 5.75 Å². The Balaban J connectivity index is 2.59. The van der Waals surface area contributed by atoms with E-state index < -0.39 is 21.0 Å². The summed E-state index contributed by atoms with van der Waals surface area (Å²) in [6.07, 6.45) is 2.29. The summed E-state index contributed by atoms with van der Waals surface area (Å²) in [4.78, 5) is 11.7. The van der Waals surface area contributed by atoms with E-state index in [2.05, 4.69) is 5.32 Å². The normalized spacial score (nSPS) is 26.0. The van der Waals surface area contributed by atoms with Crippen molar-refractivity contribution in [2.24, 2.45) is 0 Å². The zero-order valence-electron chi connectivity index (χ0n) is 9.48. The zero-order valence-corrected chi connectivity index (χ0v) is 10.3. The molecular formula is C10H19NO4S. The highest BCUT2D eigenvalue weighted by molar-refractivity contribution is 7.92. The maximum absolute atomic E-state index is 11.7. The highest BCUT2D eigenvalue weighted by atomic mass is 32.2. The van der Waals surface area contributed by atoms with Gasteiger partial charge in [0.1, 0.15) is 5.25 Å². The largest absolute Gasteiger partial charge is 0.396 e. The van der Waals surface area contributed by atoms with E-state index in [4.69, 9.17) is 5.11 Å². The van der Waals surface area contributed by atoms with Gasteiger partial charge >= 0.3 is 0 Å². The van der Waals surface area contributed by atoms with Crippen LogP contribution >= 0.6 is 0 Å². The first-order valence-corrected chi connectivity index (χ1v) is 7.31. The summed E-state index contributed by atoms with van der Waals surface area (Å²) < 4.78 is 23.3. The molecule has 1 amide bonds. The maximum atomic E-state index is 11.7. The van der Waals surface area contributed by atoms with Crippen LogP contribution < -0.4 is 5.32 Å². The Kier molecular flexibility index (Phi) is 4.73. The first kappa shape index (κ1) is 13.4. The van der Waals surface area contributed by atoms with Crippen LogP contribution in [0.15, 0.2) is 0 Å². The fourth-order valence-corrected chi connectivity index (χ4v) is 3.66. The van der Waals surface area contributed by atoms with Crippen molar-refractivity contribution < 1.29 is 18.3 Å². The molecule has 0 aromatic rings. The van der Waals surface area contributed by atoms with Crippen molar-refractivity contribution in [3.63, 3.8) is 0 Å². The Hall–Kier alpha value is -0.620. The van der Waals surface area contributed by atoms with Crippen molar-refractivity contribution in [1.29, 1.82) is 0 Å². The molecule has 1 aliphatic rings. The van der Waals surface area contributed by atoms with Gasteiger partial charge in [-0.05, 0) is 26.2 Å². The number of carbonyl (C=O) groups excluding carboxylic acids is 1. The average molecular weight is 249 g/mol. The van der Waals surface area contributed by atoms with Crippen molar-refractivity contribution in [3.05, 3.63) is 0 Å². The molecule has 0 radical (unpaired) electrons. The highest BCUT2D eigenvalue weighted by Crippen LogP contribution is 2.19. The number of carbonyl (C=O) groups is 1. The van der Waals surface area contributed by atoms with Gasteiger partial charge in [-0.2, -0.15) is 0 Å². The maximum Gasteiger partial charge on any atom is 0.238 e. The zero-order chi connectivity index (χ0) is 12.2. The lowest BCUT2D eigenvalue weighted by atomic mass is 10.1. The molecule has 5 nitrogen and oxygen atoms in total. The molecule has 1 rings (SSSR count). The van der Waals surface area contributed by atoms with Gasteiger partial charge in [0.25, 0.3) is 0 Å². The molecule has 2 unspecified atom stereocenters. The number of amides is 1. The second-order valence-electron chi connectivity index (χ2n) is 4.27. The fourth-order valence-electron chi connectivity index (χ4n) is 1.85. The Morgan fingerprint density at radius 1 is 1.50 bits per heavy atom. The lowest BCUT2D eigenvalue weighted by Gasteiger charge is -2.23. The molecule has 0 aromatic heterocycles. The minimum Gasteiger partial charge on any atom is -0.396 e. The molecule has 16 heavy (non-hydrogen) atoms. The number of nitrogens with one attached hydrogen (secondary N) is 1. The molecule has 1 saturated heterocycles. The number of rotatable bonds is 4. The van der Waals surface area contributed by atoms with Crippen LogP contribution in [-0.4, -0.2) is 43.1 Å². The van der Waals surface area contributed by atoms with Crippen molar-refractivity contribution in [2.45, 2.75) is 43.9 Å². The van der Waals surface area contributed by atoms with Gasteiger partial charge in [-0.25, -0.2) is 8.42 Å². The second kappa shape index (κ2) is 5.63. The van der Waals surface area contributed by atoms with Crippen LogP contribution in [0, 0.1) is 0 Å². The summed E-state index contributed by atoms with van der Waals surface area (Å²) in [6, 6.07) is -0.186. The van der Waals surface area contributed by atoms with Crippen LogP contribution in [0.1, 0.15) is 32.6 Å². The van der Waals surface area contributed by atoms with Gasteiger partial charge in [0.15, 0.2) is 9.84 Å². The van der Waals surface area contributed by atoms with Gasteiger partial charge in [0.2, 0.25) is 5.91 Å². The lowest BCUT2D eigenvalue weighted by molar-refractivity contribution is -0.121. The van der Waals surface area contributed by atoms with Crippen LogP contribution in [0.2, 0.25) is 0 Å². The van der Waals surface area contributed by atoms with E-state index in [0.717, 1.165) is 6.42 Å². The third kappa shape index (κ3) is 3.45. The highest BCUT2D eigenvalue weighted by Gasteiger charge is 2.35. The molecular weight excluding hydrogens is 230 g/mol. The molecule has 0 aliphatic carbocycles. The molecule has 0 saturated carbocycles. The monoisotopic (exact) mass is 249 g/mol. The Morgan fingerprint density at radius 3 is 2.75 bits per heavy atom. The predicted octanol–water partition coefficient (Wildman–Crippen LogP) is -0.159. The quantitative estimate of drug-likeness (QED) is 0.725. The van der Waals surface area contributed by atoms with Crippen LogP contribution in [0.25, 0.3) is 0 Å². The van der Waals surface area contributed by atoms with Crippen molar-refractivity contribution in [1.82, 2.24) is 5.32 Å². The smallest absolute Gasteiger partial charge is 0.238 e. The third-order valence-corrected chi connectivity index (χ3v) is 5.00. The topological polar surface area (TPSA) is 83.5 Å². The molecule has 0 bridgehead atoms. The van der Waals surface area contributed by atoms with Crippen LogP contribution in [0.3, 0.4) is 0 Å². The van der Waals surface area contributed by atoms with Crippen molar-refractivity contribution >= 4 is 15.7 Å². The molecule has 2 atom stereocenters. The number of sulfone groups is 1. The Morgan fingerprint density at radius 2 is 2.19 bits per heavy atom. The average Bonchev–Trinajstić information content (AvgIpc) is 2.16. The fraction of sp³-hybridized carbons (Fsp3) is 0.900. The van der Waals surface area contributed by atoms with Crippen LogP contribution in [0.4, 0.5) is 0 Å². The van der Waals surface area contributed by atoms with Crippen LogP contribution in [-0.2, 0) is 14.6 Å². The van der Waals surface area contributed by atoms with E-state index in [1.54, 1.807) is 6.92 Å². The van der Waals surface area contributed by atoms with E-state index in [0.29, 0.717) is 19.3 Å². The van der Waals surface area contributed by atoms with E-state index in [1.165, 1.54) is 0 Å². The SMILES string of the molecule is CC(CCO)NC(=O)C1CCCCS1(=O)=O. The lowest BCUT2D eigenvalue weighted by Crippen LogP contribution is -2.46. The minimum absolute atomic E-state index is 0.0150. The molecule has 6 heteroatoms. The molecule has 94 valence electrons. The van der Waals surface area contributed by atoms with E-state index in [9.17, 15) is 13.2 Å². The van der Waals surface area contributed by atoms with Gasteiger partial charge in [-0.1, -0.05) is 6.42 Å². The second-order valence-corrected chi connectivity index (χ2v) is 6.58.